The summed E-state index contributed by atoms with van der Waals surface area (Å²) in [7, 11) is 1.55. The molecule has 132 valence electrons. The molecule has 1 N–H and O–H groups in total. The van der Waals surface area contributed by atoms with Gasteiger partial charge in [0.05, 0.1) is 19.0 Å². The van der Waals surface area contributed by atoms with Crippen molar-refractivity contribution in [1.29, 1.82) is 0 Å². The van der Waals surface area contributed by atoms with E-state index in [0.29, 0.717) is 5.56 Å². The first-order chi connectivity index (χ1) is 11.9. The van der Waals surface area contributed by atoms with E-state index in [1.807, 2.05) is 30.3 Å². The van der Waals surface area contributed by atoms with Gasteiger partial charge in [0.2, 0.25) is 11.8 Å². The van der Waals surface area contributed by atoms with Gasteiger partial charge in [-0.05, 0) is 30.2 Å². The van der Waals surface area contributed by atoms with Crippen LogP contribution in [0, 0.1) is 11.6 Å². The molecular weight excluding hydrogens is 326 g/mol. The van der Waals surface area contributed by atoms with Crippen LogP contribution in [0.15, 0.2) is 48.5 Å². The Hall–Kier alpha value is -2.76. The van der Waals surface area contributed by atoms with Gasteiger partial charge in [-0.1, -0.05) is 36.4 Å². The van der Waals surface area contributed by atoms with Gasteiger partial charge in [-0.2, -0.15) is 0 Å². The second-order valence-corrected chi connectivity index (χ2v) is 5.79. The van der Waals surface area contributed by atoms with E-state index in [2.05, 4.69) is 5.32 Å². The molecule has 2 rings (SSSR count). The van der Waals surface area contributed by atoms with E-state index < -0.39 is 17.7 Å². The summed E-state index contributed by atoms with van der Waals surface area (Å²) >= 11 is 0. The van der Waals surface area contributed by atoms with Gasteiger partial charge in [-0.3, -0.25) is 9.59 Å². The highest BCUT2D eigenvalue weighted by Crippen LogP contribution is 2.20. The predicted molar refractivity (Wildman–Crippen MR) is 90.7 cm³/mol. The zero-order chi connectivity index (χ0) is 18.4. The van der Waals surface area contributed by atoms with E-state index in [9.17, 15) is 18.4 Å². The molecule has 2 amide bonds. The average molecular weight is 346 g/mol. The molecule has 4 nitrogen and oxygen atoms in total. The minimum absolute atomic E-state index is 0.157. The van der Waals surface area contributed by atoms with Crippen molar-refractivity contribution >= 4 is 11.8 Å². The molecule has 0 saturated heterocycles. The Balaban J connectivity index is 1.88. The first kappa shape index (κ1) is 18.6. The van der Waals surface area contributed by atoms with Gasteiger partial charge < -0.3 is 10.2 Å². The van der Waals surface area contributed by atoms with E-state index in [0.717, 1.165) is 17.7 Å². The second-order valence-electron chi connectivity index (χ2n) is 5.79. The van der Waals surface area contributed by atoms with Crippen molar-refractivity contribution in [2.45, 2.75) is 19.4 Å². The number of hydrogen-bond donors (Lipinski definition) is 1. The number of halogens is 2. The Bertz CT molecular complexity index is 750. The van der Waals surface area contributed by atoms with Gasteiger partial charge in [0.25, 0.3) is 0 Å². The number of nitrogens with zero attached hydrogens (tertiary/aromatic N) is 1. The van der Waals surface area contributed by atoms with Crippen LogP contribution in [0.3, 0.4) is 0 Å². The summed E-state index contributed by atoms with van der Waals surface area (Å²) in [6.07, 6.45) is 0.191. The second kappa shape index (κ2) is 8.37. The Kier molecular flexibility index (Phi) is 6.22. The van der Waals surface area contributed by atoms with E-state index in [1.54, 1.807) is 14.0 Å². The lowest BCUT2D eigenvalue weighted by Gasteiger charge is -2.25. The standard InChI is InChI=1S/C19H20F2N2O2/c1-13(15-8-9-16(20)17(21)11-15)23(2)19(25)12-22-18(24)10-14-6-4-3-5-7-14/h3-9,11,13H,10,12H2,1-2H3,(H,22,24). The third-order valence-corrected chi connectivity index (χ3v) is 4.04. The quantitative estimate of drug-likeness (QED) is 0.874. The maximum Gasteiger partial charge on any atom is 0.242 e. The first-order valence-corrected chi connectivity index (χ1v) is 7.89. The smallest absolute Gasteiger partial charge is 0.242 e. The molecule has 1 unspecified atom stereocenters. The van der Waals surface area contributed by atoms with Crippen molar-refractivity contribution in [2.75, 3.05) is 13.6 Å². The SMILES string of the molecule is CC(c1ccc(F)c(F)c1)N(C)C(=O)CNC(=O)Cc1ccccc1. The number of hydrogen-bond acceptors (Lipinski definition) is 2. The minimum atomic E-state index is -0.957. The normalized spacial score (nSPS) is 11.7. The van der Waals surface area contributed by atoms with Crippen LogP contribution >= 0.6 is 0 Å². The van der Waals surface area contributed by atoms with Gasteiger partial charge in [-0.25, -0.2) is 8.78 Å². The molecule has 0 saturated carbocycles. The van der Waals surface area contributed by atoms with Crippen LogP contribution in [0.4, 0.5) is 8.78 Å². The molecular formula is C19H20F2N2O2. The number of nitrogens with one attached hydrogen (secondary N) is 1. The molecule has 2 aromatic carbocycles. The van der Waals surface area contributed by atoms with Gasteiger partial charge in [-0.15, -0.1) is 0 Å². The largest absolute Gasteiger partial charge is 0.347 e. The van der Waals surface area contributed by atoms with E-state index in [4.69, 9.17) is 0 Å². The van der Waals surface area contributed by atoms with Gasteiger partial charge >= 0.3 is 0 Å². The van der Waals surface area contributed by atoms with Crippen LogP contribution in [0.2, 0.25) is 0 Å². The lowest BCUT2D eigenvalue weighted by molar-refractivity contribution is -0.133. The highest BCUT2D eigenvalue weighted by Gasteiger charge is 2.19. The van der Waals surface area contributed by atoms with Gasteiger partial charge in [0, 0.05) is 7.05 Å². The molecule has 6 heteroatoms. The van der Waals surface area contributed by atoms with Crippen molar-refractivity contribution in [3.8, 4) is 0 Å². The highest BCUT2D eigenvalue weighted by atomic mass is 19.2. The third-order valence-electron chi connectivity index (χ3n) is 4.04. The lowest BCUT2D eigenvalue weighted by Crippen LogP contribution is -2.39. The molecule has 0 spiro atoms. The lowest BCUT2D eigenvalue weighted by atomic mass is 10.1. The summed E-state index contributed by atoms with van der Waals surface area (Å²) in [5, 5.41) is 2.57. The molecule has 1 atom stereocenters. The average Bonchev–Trinajstić information content (AvgIpc) is 2.61. The number of benzene rings is 2. The van der Waals surface area contributed by atoms with E-state index >= 15 is 0 Å². The number of amides is 2. The van der Waals surface area contributed by atoms with Crippen molar-refractivity contribution in [2.24, 2.45) is 0 Å². The van der Waals surface area contributed by atoms with Crippen LogP contribution in [-0.2, 0) is 16.0 Å². The molecule has 0 aliphatic rings. The fourth-order valence-electron chi connectivity index (χ4n) is 2.35. The van der Waals surface area contributed by atoms with Crippen molar-refractivity contribution in [1.82, 2.24) is 10.2 Å². The molecule has 0 aliphatic carbocycles. The van der Waals surface area contributed by atoms with Gasteiger partial charge in [0.1, 0.15) is 0 Å². The van der Waals surface area contributed by atoms with E-state index in [1.165, 1.54) is 11.0 Å². The van der Waals surface area contributed by atoms with E-state index in [-0.39, 0.29) is 24.8 Å². The summed E-state index contributed by atoms with van der Waals surface area (Å²) in [4.78, 5) is 25.5. The Morgan fingerprint density at radius 2 is 1.76 bits per heavy atom. The molecule has 0 radical (unpaired) electrons. The van der Waals surface area contributed by atoms with Crippen molar-refractivity contribution in [3.05, 3.63) is 71.3 Å². The summed E-state index contributed by atoms with van der Waals surface area (Å²) in [6.45, 7) is 1.55. The molecule has 25 heavy (non-hydrogen) atoms. The fourth-order valence-corrected chi connectivity index (χ4v) is 2.35. The first-order valence-electron chi connectivity index (χ1n) is 7.89. The van der Waals surface area contributed by atoms with Crippen LogP contribution in [0.25, 0.3) is 0 Å². The summed E-state index contributed by atoms with van der Waals surface area (Å²) in [6, 6.07) is 12.3. The Morgan fingerprint density at radius 3 is 2.40 bits per heavy atom. The number of likely N-dealkylation sites (N-methyl/N-ethyl adjacent to an activating group) is 1. The fraction of sp³-hybridized carbons (Fsp3) is 0.263. The van der Waals surface area contributed by atoms with Crippen LogP contribution in [0.1, 0.15) is 24.1 Å². The van der Waals surface area contributed by atoms with Crippen LogP contribution in [0.5, 0.6) is 0 Å². The maximum atomic E-state index is 13.3. The third kappa shape index (κ3) is 5.11. The molecule has 2 aromatic rings. The molecule has 0 aliphatic heterocycles. The van der Waals surface area contributed by atoms with Crippen molar-refractivity contribution in [3.63, 3.8) is 0 Å². The predicted octanol–water partition coefficient (Wildman–Crippen LogP) is 2.84. The molecule has 0 bridgehead atoms. The highest BCUT2D eigenvalue weighted by molar-refractivity contribution is 5.85. The minimum Gasteiger partial charge on any atom is -0.347 e. The zero-order valence-electron chi connectivity index (χ0n) is 14.1. The summed E-state index contributed by atoms with van der Waals surface area (Å²) < 4.78 is 26.3. The summed E-state index contributed by atoms with van der Waals surface area (Å²) in [5.41, 5.74) is 1.33. The number of rotatable bonds is 6. The maximum absolute atomic E-state index is 13.3. The van der Waals surface area contributed by atoms with Gasteiger partial charge in [0.15, 0.2) is 11.6 Å². The Labute approximate surface area is 145 Å². The molecule has 0 fully saturated rings. The Morgan fingerprint density at radius 1 is 1.08 bits per heavy atom. The molecule has 0 heterocycles. The molecule has 0 aromatic heterocycles. The summed E-state index contributed by atoms with van der Waals surface area (Å²) in [5.74, 6) is -2.47. The monoisotopic (exact) mass is 346 g/mol. The van der Waals surface area contributed by atoms with Crippen LogP contribution < -0.4 is 5.32 Å². The van der Waals surface area contributed by atoms with Crippen molar-refractivity contribution < 1.29 is 18.4 Å². The topological polar surface area (TPSA) is 49.4 Å². The zero-order valence-corrected chi connectivity index (χ0v) is 14.1. The number of carbonyl (C=O) groups is 2. The van der Waals surface area contributed by atoms with Crippen LogP contribution in [-0.4, -0.2) is 30.3 Å². The number of carbonyl (C=O) groups excluding carboxylic acids is 2.